The topological polar surface area (TPSA) is 4.36 Å². The van der Waals surface area contributed by atoms with Crippen LogP contribution in [0.25, 0.3) is 38.9 Å². The SMILES string of the molecule is [C-]#[N+]c1ccccc1C=Cc1ccc(-c2cccc3ccccc23)cc1. The first kappa shape index (κ1) is 15.9. The Labute approximate surface area is 153 Å². The number of benzene rings is 4. The molecule has 122 valence electrons. The lowest BCUT2D eigenvalue weighted by molar-refractivity contribution is 1.62. The zero-order valence-corrected chi connectivity index (χ0v) is 14.3. The maximum Gasteiger partial charge on any atom is 0.194 e. The zero-order valence-electron chi connectivity index (χ0n) is 14.3. The van der Waals surface area contributed by atoms with Crippen LogP contribution in [0.15, 0.2) is 91.0 Å². The zero-order chi connectivity index (χ0) is 17.8. The Morgan fingerprint density at radius 2 is 1.38 bits per heavy atom. The van der Waals surface area contributed by atoms with Crippen LogP contribution >= 0.6 is 0 Å². The summed E-state index contributed by atoms with van der Waals surface area (Å²) in [5, 5.41) is 2.52. The van der Waals surface area contributed by atoms with E-state index in [0.717, 1.165) is 11.1 Å². The van der Waals surface area contributed by atoms with E-state index in [9.17, 15) is 0 Å². The van der Waals surface area contributed by atoms with Gasteiger partial charge in [-0.1, -0.05) is 103 Å². The second kappa shape index (κ2) is 7.09. The summed E-state index contributed by atoms with van der Waals surface area (Å²) in [5.74, 6) is 0. The fraction of sp³-hybridized carbons (Fsp3) is 0. The highest BCUT2D eigenvalue weighted by Crippen LogP contribution is 2.29. The second-order valence-electron chi connectivity index (χ2n) is 6.15. The monoisotopic (exact) mass is 331 g/mol. The van der Waals surface area contributed by atoms with E-state index < -0.39 is 0 Å². The molecule has 0 saturated carbocycles. The molecule has 0 fully saturated rings. The standard InChI is InChI=1S/C25H17N/c1-26-25-12-5-3-8-22(25)18-15-19-13-16-21(17-14-19)24-11-6-9-20-7-2-4-10-23(20)24/h2-18H. The quantitative estimate of drug-likeness (QED) is 0.275. The van der Waals surface area contributed by atoms with Crippen molar-refractivity contribution in [3.63, 3.8) is 0 Å². The highest BCUT2D eigenvalue weighted by Gasteiger charge is 2.03. The number of fused-ring (bicyclic) bond motifs is 1. The molecule has 0 bridgehead atoms. The molecule has 0 amide bonds. The van der Waals surface area contributed by atoms with Gasteiger partial charge in [0.15, 0.2) is 5.69 Å². The summed E-state index contributed by atoms with van der Waals surface area (Å²) in [4.78, 5) is 3.56. The van der Waals surface area contributed by atoms with Crippen LogP contribution in [-0.4, -0.2) is 0 Å². The van der Waals surface area contributed by atoms with E-state index in [2.05, 4.69) is 77.7 Å². The van der Waals surface area contributed by atoms with E-state index in [1.807, 2.05) is 30.3 Å². The van der Waals surface area contributed by atoms with Crippen LogP contribution in [-0.2, 0) is 0 Å². The predicted octanol–water partition coefficient (Wildman–Crippen LogP) is 7.23. The fourth-order valence-corrected chi connectivity index (χ4v) is 3.17. The van der Waals surface area contributed by atoms with Crippen LogP contribution < -0.4 is 0 Å². The molecule has 26 heavy (non-hydrogen) atoms. The Kier molecular flexibility index (Phi) is 4.33. The highest BCUT2D eigenvalue weighted by atomic mass is 14.6. The van der Waals surface area contributed by atoms with E-state index in [1.54, 1.807) is 0 Å². The van der Waals surface area contributed by atoms with Crippen molar-refractivity contribution in [1.82, 2.24) is 0 Å². The molecule has 0 aliphatic rings. The lowest BCUT2D eigenvalue weighted by Crippen LogP contribution is -1.82. The molecule has 4 aromatic carbocycles. The van der Waals surface area contributed by atoms with Gasteiger partial charge in [0.25, 0.3) is 0 Å². The molecule has 0 N–H and O–H groups in total. The highest BCUT2D eigenvalue weighted by molar-refractivity contribution is 5.96. The molecule has 0 aliphatic carbocycles. The Morgan fingerprint density at radius 3 is 2.23 bits per heavy atom. The third-order valence-corrected chi connectivity index (χ3v) is 4.52. The van der Waals surface area contributed by atoms with Crippen LogP contribution in [0, 0.1) is 6.57 Å². The number of rotatable bonds is 3. The van der Waals surface area contributed by atoms with Crippen molar-refractivity contribution in [1.29, 1.82) is 0 Å². The van der Waals surface area contributed by atoms with Crippen LogP contribution in [0.1, 0.15) is 11.1 Å². The second-order valence-corrected chi connectivity index (χ2v) is 6.15. The lowest BCUT2D eigenvalue weighted by atomic mass is 9.97. The van der Waals surface area contributed by atoms with Crippen molar-refractivity contribution in [2.75, 3.05) is 0 Å². The molecule has 1 heteroatoms. The summed E-state index contributed by atoms with van der Waals surface area (Å²) in [7, 11) is 0. The smallest absolute Gasteiger partial charge is 0.194 e. The lowest BCUT2D eigenvalue weighted by Gasteiger charge is -2.07. The molecule has 0 heterocycles. The number of para-hydroxylation sites is 1. The number of hydrogen-bond acceptors (Lipinski definition) is 0. The largest absolute Gasteiger partial charge is 0.238 e. The molecular formula is C25H17N. The van der Waals surface area contributed by atoms with Gasteiger partial charge in [-0.2, -0.15) is 0 Å². The van der Waals surface area contributed by atoms with Gasteiger partial charge in [-0.05, 0) is 33.0 Å². The maximum absolute atomic E-state index is 7.25. The average molecular weight is 331 g/mol. The van der Waals surface area contributed by atoms with Gasteiger partial charge in [-0.15, -0.1) is 0 Å². The fourth-order valence-electron chi connectivity index (χ4n) is 3.17. The van der Waals surface area contributed by atoms with Gasteiger partial charge < -0.3 is 0 Å². The molecule has 0 atom stereocenters. The summed E-state index contributed by atoms with van der Waals surface area (Å²) in [6, 6.07) is 31.1. The van der Waals surface area contributed by atoms with Crippen LogP contribution in [0.2, 0.25) is 0 Å². The molecule has 4 aromatic rings. The van der Waals surface area contributed by atoms with Crippen molar-refractivity contribution >= 4 is 28.6 Å². The number of nitrogens with zero attached hydrogens (tertiary/aromatic N) is 1. The Balaban J connectivity index is 1.65. The molecule has 4 rings (SSSR count). The predicted molar refractivity (Wildman–Crippen MR) is 111 cm³/mol. The van der Waals surface area contributed by atoms with Gasteiger partial charge in [-0.25, -0.2) is 4.85 Å². The van der Waals surface area contributed by atoms with Crippen molar-refractivity contribution in [2.24, 2.45) is 0 Å². The van der Waals surface area contributed by atoms with Gasteiger partial charge in [-0.3, -0.25) is 0 Å². The maximum atomic E-state index is 7.25. The molecule has 0 spiro atoms. The normalized spacial score (nSPS) is 10.9. The first-order valence-corrected chi connectivity index (χ1v) is 8.58. The third-order valence-electron chi connectivity index (χ3n) is 4.52. The van der Waals surface area contributed by atoms with Gasteiger partial charge in [0.2, 0.25) is 0 Å². The number of hydrogen-bond donors (Lipinski definition) is 0. The van der Waals surface area contributed by atoms with Crippen LogP contribution in [0.3, 0.4) is 0 Å². The van der Waals surface area contributed by atoms with Crippen LogP contribution in [0.4, 0.5) is 5.69 Å². The molecule has 0 unspecified atom stereocenters. The van der Waals surface area contributed by atoms with Gasteiger partial charge in [0.1, 0.15) is 0 Å². The third kappa shape index (κ3) is 3.14. The summed E-state index contributed by atoms with van der Waals surface area (Å²) < 4.78 is 0. The summed E-state index contributed by atoms with van der Waals surface area (Å²) in [6.07, 6.45) is 4.05. The Bertz CT molecular complexity index is 1120. The average Bonchev–Trinajstić information content (AvgIpc) is 2.72. The summed E-state index contributed by atoms with van der Waals surface area (Å²) in [5.41, 5.74) is 5.20. The molecule has 0 aliphatic heterocycles. The van der Waals surface area contributed by atoms with Crippen molar-refractivity contribution < 1.29 is 0 Å². The Morgan fingerprint density at radius 1 is 0.654 bits per heavy atom. The molecular weight excluding hydrogens is 314 g/mol. The summed E-state index contributed by atoms with van der Waals surface area (Å²) in [6.45, 7) is 7.25. The van der Waals surface area contributed by atoms with Gasteiger partial charge >= 0.3 is 0 Å². The van der Waals surface area contributed by atoms with E-state index in [1.165, 1.54) is 21.9 Å². The van der Waals surface area contributed by atoms with E-state index in [0.29, 0.717) is 5.69 Å². The van der Waals surface area contributed by atoms with E-state index >= 15 is 0 Å². The first-order valence-electron chi connectivity index (χ1n) is 8.58. The molecule has 0 aromatic heterocycles. The summed E-state index contributed by atoms with van der Waals surface area (Å²) >= 11 is 0. The molecule has 0 saturated heterocycles. The minimum Gasteiger partial charge on any atom is -0.238 e. The van der Waals surface area contributed by atoms with E-state index in [4.69, 9.17) is 6.57 Å². The van der Waals surface area contributed by atoms with Crippen molar-refractivity contribution in [2.45, 2.75) is 0 Å². The van der Waals surface area contributed by atoms with E-state index in [-0.39, 0.29) is 0 Å². The molecule has 0 radical (unpaired) electrons. The van der Waals surface area contributed by atoms with Gasteiger partial charge in [0, 0.05) is 0 Å². The Hall–Kier alpha value is -3.63. The first-order chi connectivity index (χ1) is 12.8. The molecule has 1 nitrogen and oxygen atoms in total. The van der Waals surface area contributed by atoms with Crippen LogP contribution in [0.5, 0.6) is 0 Å². The van der Waals surface area contributed by atoms with Crippen molar-refractivity contribution in [3.05, 3.63) is 114 Å². The van der Waals surface area contributed by atoms with Gasteiger partial charge in [0.05, 0.1) is 6.57 Å². The minimum atomic E-state index is 0.677. The van der Waals surface area contributed by atoms with Crippen molar-refractivity contribution in [3.8, 4) is 11.1 Å². The minimum absolute atomic E-state index is 0.677.